The van der Waals surface area contributed by atoms with Gasteiger partial charge in [-0.2, -0.15) is 0 Å². The van der Waals surface area contributed by atoms with Crippen molar-refractivity contribution in [2.45, 2.75) is 31.8 Å². The highest BCUT2D eigenvalue weighted by atomic mass is 35.5. The maximum Gasteiger partial charge on any atom is 0.328 e. The first-order chi connectivity index (χ1) is 13.3. The van der Waals surface area contributed by atoms with Crippen LogP contribution in [0.4, 0.5) is 0 Å². The summed E-state index contributed by atoms with van der Waals surface area (Å²) in [7, 11) is 0. The van der Waals surface area contributed by atoms with Crippen molar-refractivity contribution in [2.24, 2.45) is 5.16 Å². The molecule has 0 spiro atoms. The molecule has 10 heteroatoms. The smallest absolute Gasteiger partial charge is 0.328 e. The Balaban J connectivity index is 0.000000416. The van der Waals surface area contributed by atoms with Gasteiger partial charge in [-0.3, -0.25) is 4.98 Å². The lowest BCUT2D eigenvalue weighted by Gasteiger charge is -2.28. The van der Waals surface area contributed by atoms with Crippen molar-refractivity contribution in [1.82, 2.24) is 9.88 Å². The minimum absolute atomic E-state index is 0.00160. The van der Waals surface area contributed by atoms with Crippen LogP contribution < -0.4 is 0 Å². The van der Waals surface area contributed by atoms with Crippen LogP contribution in [-0.4, -0.2) is 73.3 Å². The largest absolute Gasteiger partial charge is 0.478 e. The summed E-state index contributed by atoms with van der Waals surface area (Å²) in [5.74, 6) is -2.51. The number of aliphatic hydroxyl groups is 1. The molecule has 1 aliphatic heterocycles. The number of likely N-dealkylation sites (tertiary alicyclic amines) is 1. The third-order valence-electron chi connectivity index (χ3n) is 3.92. The van der Waals surface area contributed by atoms with Crippen molar-refractivity contribution in [3.05, 3.63) is 41.7 Å². The van der Waals surface area contributed by atoms with Gasteiger partial charge >= 0.3 is 11.9 Å². The summed E-state index contributed by atoms with van der Waals surface area (Å²) >= 11 is 5.84. The lowest BCUT2D eigenvalue weighted by Crippen LogP contribution is -2.37. The molecule has 0 aromatic carbocycles. The average Bonchev–Trinajstić information content (AvgIpc) is 2.67. The lowest BCUT2D eigenvalue weighted by molar-refractivity contribution is -0.134. The van der Waals surface area contributed by atoms with Crippen LogP contribution in [0.15, 0.2) is 35.6 Å². The second kappa shape index (κ2) is 12.8. The number of rotatable bonds is 7. The van der Waals surface area contributed by atoms with Crippen LogP contribution in [-0.2, 0) is 16.0 Å². The minimum atomic E-state index is -1.26. The molecule has 9 nitrogen and oxygen atoms in total. The van der Waals surface area contributed by atoms with Gasteiger partial charge in [0.25, 0.3) is 0 Å². The zero-order valence-corrected chi connectivity index (χ0v) is 16.0. The van der Waals surface area contributed by atoms with Crippen molar-refractivity contribution < 1.29 is 30.1 Å². The van der Waals surface area contributed by atoms with Gasteiger partial charge in [-0.1, -0.05) is 23.2 Å². The Hall–Kier alpha value is -2.49. The predicted molar refractivity (Wildman–Crippen MR) is 103 cm³/mol. The highest BCUT2D eigenvalue weighted by Crippen LogP contribution is 2.14. The van der Waals surface area contributed by atoms with Crippen LogP contribution in [0.3, 0.4) is 0 Å². The molecule has 0 aliphatic carbocycles. The normalized spacial score (nSPS) is 16.3. The monoisotopic (exact) mass is 413 g/mol. The molecule has 0 bridgehead atoms. The molecule has 1 fully saturated rings. The molecular formula is C18H24ClN3O6. The molecule has 0 radical (unpaired) electrons. The Morgan fingerprint density at radius 1 is 1.21 bits per heavy atom. The number of carboxylic acids is 2. The van der Waals surface area contributed by atoms with Crippen LogP contribution >= 0.6 is 11.6 Å². The maximum absolute atomic E-state index is 10.2. The number of hydrogen-bond acceptors (Lipinski definition) is 7. The predicted octanol–water partition coefficient (Wildman–Crippen LogP) is 1.56. The van der Waals surface area contributed by atoms with Crippen molar-refractivity contribution >= 4 is 28.7 Å². The number of oxime groups is 1. The molecule has 0 amide bonds. The lowest BCUT2D eigenvalue weighted by atomic mass is 10.1. The van der Waals surface area contributed by atoms with Crippen LogP contribution in [0.2, 0.25) is 0 Å². The molecule has 28 heavy (non-hydrogen) atoms. The van der Waals surface area contributed by atoms with E-state index in [-0.39, 0.29) is 5.17 Å². The van der Waals surface area contributed by atoms with E-state index in [9.17, 15) is 14.7 Å². The van der Waals surface area contributed by atoms with Crippen molar-refractivity contribution in [3.63, 3.8) is 0 Å². The van der Waals surface area contributed by atoms with E-state index in [1.165, 1.54) is 19.3 Å². The fourth-order valence-corrected chi connectivity index (χ4v) is 2.88. The number of hydrogen-bond donors (Lipinski definition) is 4. The van der Waals surface area contributed by atoms with E-state index in [2.05, 4.69) is 15.0 Å². The van der Waals surface area contributed by atoms with Gasteiger partial charge in [0.2, 0.25) is 0 Å². The molecule has 1 aromatic heterocycles. The zero-order chi connectivity index (χ0) is 20.9. The number of β-amino-alcohol motifs (C(OH)–C–C–N with tert-alkyl or cyclic N) is 1. The number of carbonyl (C=O) groups is 2. The number of aliphatic hydroxyl groups excluding tert-OH is 1. The fourth-order valence-electron chi connectivity index (χ4n) is 2.71. The van der Waals surface area contributed by atoms with E-state index in [1.807, 2.05) is 0 Å². The highest BCUT2D eigenvalue weighted by Gasteiger charge is 2.17. The number of carboxylic acid groups (broad SMARTS) is 2. The van der Waals surface area contributed by atoms with Crippen LogP contribution in [0.25, 0.3) is 0 Å². The summed E-state index contributed by atoms with van der Waals surface area (Å²) in [6.45, 7) is 2.74. The first kappa shape index (κ1) is 23.5. The molecule has 1 aromatic rings. The van der Waals surface area contributed by atoms with Crippen LogP contribution in [0, 0.1) is 0 Å². The minimum Gasteiger partial charge on any atom is -0.478 e. The molecular weight excluding hydrogens is 390 g/mol. The SMILES string of the molecule is O=C(O)/C=C\C(=O)O.ON=C(Cl)c1cccnc1CC(O)CN1CCCCC1. The third-order valence-corrected chi connectivity index (χ3v) is 4.19. The van der Waals surface area contributed by atoms with Gasteiger partial charge in [0.15, 0.2) is 5.17 Å². The number of aliphatic carboxylic acids is 2. The van der Waals surface area contributed by atoms with E-state index in [0.29, 0.717) is 36.4 Å². The summed E-state index contributed by atoms with van der Waals surface area (Å²) in [6.07, 6.45) is 6.34. The summed E-state index contributed by atoms with van der Waals surface area (Å²) in [5, 5.41) is 37.6. The van der Waals surface area contributed by atoms with Gasteiger partial charge in [-0.25, -0.2) is 9.59 Å². The molecule has 2 rings (SSSR count). The van der Waals surface area contributed by atoms with Gasteiger partial charge in [0.1, 0.15) is 0 Å². The first-order valence-electron chi connectivity index (χ1n) is 8.69. The Kier molecular flexibility index (Phi) is 10.8. The topological polar surface area (TPSA) is 144 Å². The van der Waals surface area contributed by atoms with Gasteiger partial charge in [-0.15, -0.1) is 0 Å². The fraction of sp³-hybridized carbons (Fsp3) is 0.444. The van der Waals surface area contributed by atoms with E-state index >= 15 is 0 Å². The number of halogens is 1. The summed E-state index contributed by atoms with van der Waals surface area (Å²) in [4.78, 5) is 25.6. The molecule has 154 valence electrons. The zero-order valence-electron chi connectivity index (χ0n) is 15.2. The second-order valence-corrected chi connectivity index (χ2v) is 6.48. The second-order valence-electron chi connectivity index (χ2n) is 6.12. The summed E-state index contributed by atoms with van der Waals surface area (Å²) in [5.41, 5.74) is 1.22. The van der Waals surface area contributed by atoms with Crippen molar-refractivity contribution in [3.8, 4) is 0 Å². The Morgan fingerprint density at radius 2 is 1.82 bits per heavy atom. The third kappa shape index (κ3) is 9.45. The number of piperidine rings is 1. The highest BCUT2D eigenvalue weighted by molar-refractivity contribution is 6.69. The van der Waals surface area contributed by atoms with Gasteiger partial charge in [0, 0.05) is 36.9 Å². The number of aromatic nitrogens is 1. The summed E-state index contributed by atoms with van der Waals surface area (Å²) < 4.78 is 0. The molecule has 4 N–H and O–H groups in total. The number of nitrogens with zero attached hydrogens (tertiary/aromatic N) is 3. The van der Waals surface area contributed by atoms with Crippen molar-refractivity contribution in [1.29, 1.82) is 0 Å². The first-order valence-corrected chi connectivity index (χ1v) is 9.07. The Labute approximate surface area is 167 Å². The van der Waals surface area contributed by atoms with Crippen molar-refractivity contribution in [2.75, 3.05) is 19.6 Å². The van der Waals surface area contributed by atoms with Crippen LogP contribution in [0.1, 0.15) is 30.5 Å². The Morgan fingerprint density at radius 3 is 2.36 bits per heavy atom. The van der Waals surface area contributed by atoms with E-state index < -0.39 is 18.0 Å². The van der Waals surface area contributed by atoms with Gasteiger partial charge in [-0.05, 0) is 38.1 Å². The maximum atomic E-state index is 10.2. The quantitative estimate of drug-likeness (QED) is 0.228. The molecule has 2 heterocycles. The molecule has 1 atom stereocenters. The van der Waals surface area contributed by atoms with Gasteiger partial charge < -0.3 is 25.4 Å². The molecule has 1 saturated heterocycles. The molecule has 0 saturated carbocycles. The van der Waals surface area contributed by atoms with Crippen LogP contribution in [0.5, 0.6) is 0 Å². The summed E-state index contributed by atoms with van der Waals surface area (Å²) in [6, 6.07) is 3.46. The van der Waals surface area contributed by atoms with Gasteiger partial charge in [0.05, 0.1) is 11.8 Å². The Bertz CT molecular complexity index is 688. The molecule has 1 aliphatic rings. The van der Waals surface area contributed by atoms with E-state index in [1.54, 1.807) is 18.3 Å². The number of pyridine rings is 1. The molecule has 1 unspecified atom stereocenters. The van der Waals surface area contributed by atoms with E-state index in [0.717, 1.165) is 13.1 Å². The van der Waals surface area contributed by atoms with E-state index in [4.69, 9.17) is 27.0 Å². The standard InChI is InChI=1S/C14H20ClN3O2.C4H4O4/c15-14(17-20)12-5-4-6-16-13(12)9-11(19)10-18-7-2-1-3-8-18;5-3(6)1-2-4(7)8/h4-6,11,19-20H,1-3,7-10H2;1-2H,(H,5,6)(H,7,8)/b;2-1-. The average molecular weight is 414 g/mol.